The number of aromatic nitrogens is 4. The van der Waals surface area contributed by atoms with Gasteiger partial charge in [-0.25, -0.2) is 13.3 Å². The summed E-state index contributed by atoms with van der Waals surface area (Å²) in [5.41, 5.74) is -0.0866. The molecule has 1 saturated heterocycles. The number of phosphoric acid groups is 1. The van der Waals surface area contributed by atoms with E-state index in [9.17, 15) is 18.1 Å². The lowest BCUT2D eigenvalue weighted by molar-refractivity contribution is 0.160. The number of hydrogen-bond donors (Lipinski definition) is 3. The number of anilines is 2. The van der Waals surface area contributed by atoms with Crippen molar-refractivity contribution in [2.75, 3.05) is 49.2 Å². The Bertz CT molecular complexity index is 1250. The van der Waals surface area contributed by atoms with Gasteiger partial charge >= 0.3 is 7.82 Å². The number of fused-ring (bicyclic) bond motifs is 1. The van der Waals surface area contributed by atoms with E-state index in [-0.39, 0.29) is 36.7 Å². The summed E-state index contributed by atoms with van der Waals surface area (Å²) in [6.45, 7) is 0.535. The maximum atomic E-state index is 14.6. The second-order valence-electron chi connectivity index (χ2n) is 7.28. The number of hydrogen-bond acceptors (Lipinski definition) is 8. The number of nitrogens with one attached hydrogen (secondary N) is 1. The molecule has 15 heteroatoms. The van der Waals surface area contributed by atoms with Crippen molar-refractivity contribution in [1.29, 1.82) is 0 Å². The van der Waals surface area contributed by atoms with Gasteiger partial charge in [0.1, 0.15) is 23.4 Å². The molecule has 3 N–H and O–H groups in total. The Morgan fingerprint density at radius 2 is 1.76 bits per heavy atom. The van der Waals surface area contributed by atoms with Gasteiger partial charge in [0.15, 0.2) is 17.3 Å². The number of phosphoric ester groups is 1. The number of rotatable bonds is 7. The van der Waals surface area contributed by atoms with Crippen LogP contribution in [0.1, 0.15) is 0 Å². The van der Waals surface area contributed by atoms with E-state index in [0.29, 0.717) is 30.1 Å². The molecule has 3 aromatic rings. The second kappa shape index (κ2) is 9.06. The highest BCUT2D eigenvalue weighted by Gasteiger charge is 2.25. The summed E-state index contributed by atoms with van der Waals surface area (Å²) >= 11 is 0. The minimum Gasteiger partial charge on any atom is -0.491 e. The van der Waals surface area contributed by atoms with E-state index >= 15 is 0 Å². The third-order valence-corrected chi connectivity index (χ3v) is 5.61. The van der Waals surface area contributed by atoms with Crippen molar-refractivity contribution < 1.29 is 32.4 Å². The number of benzene rings is 1. The molecule has 3 heterocycles. The van der Waals surface area contributed by atoms with Crippen molar-refractivity contribution in [3.63, 3.8) is 0 Å². The molecular formula is C18H21F2N6O6P. The van der Waals surface area contributed by atoms with Crippen molar-refractivity contribution in [3.8, 4) is 5.75 Å². The van der Waals surface area contributed by atoms with Gasteiger partial charge in [-0.3, -0.25) is 19.0 Å². The van der Waals surface area contributed by atoms with Gasteiger partial charge in [-0.05, 0) is 0 Å². The second-order valence-corrected chi connectivity index (χ2v) is 8.52. The lowest BCUT2D eigenvalue weighted by Crippen LogP contribution is -2.48. The third-order valence-electron chi connectivity index (χ3n) is 5.09. The molecule has 1 aliphatic rings. The van der Waals surface area contributed by atoms with Crippen LogP contribution in [0.15, 0.2) is 23.1 Å². The molecule has 0 unspecified atom stereocenters. The third kappa shape index (κ3) is 5.14. The average molecular weight is 486 g/mol. The molecule has 4 rings (SSSR count). The Kier molecular flexibility index (Phi) is 6.34. The molecule has 0 amide bonds. The molecule has 1 aliphatic heterocycles. The first-order valence-electron chi connectivity index (χ1n) is 9.86. The minimum absolute atomic E-state index is 0.132. The van der Waals surface area contributed by atoms with Gasteiger partial charge in [0.2, 0.25) is 5.95 Å². The lowest BCUT2D eigenvalue weighted by Gasteiger charge is -2.36. The molecule has 0 saturated carbocycles. The van der Waals surface area contributed by atoms with E-state index in [2.05, 4.69) is 19.6 Å². The topological polar surface area (TPSA) is 146 Å². The van der Waals surface area contributed by atoms with Crippen molar-refractivity contribution in [2.24, 2.45) is 7.05 Å². The molecule has 178 valence electrons. The highest BCUT2D eigenvalue weighted by molar-refractivity contribution is 7.46. The molecule has 0 aliphatic carbocycles. The molecule has 0 bridgehead atoms. The molecule has 33 heavy (non-hydrogen) atoms. The normalized spacial score (nSPS) is 14.8. The maximum absolute atomic E-state index is 14.6. The SMILES string of the molecule is Cn1ncc2c(=O)[nH]c(N3CCN(c4c(F)cc(OCCOP(=O)(O)O)cc4F)CC3)nc21. The van der Waals surface area contributed by atoms with Crippen molar-refractivity contribution in [1.82, 2.24) is 19.7 Å². The van der Waals surface area contributed by atoms with E-state index in [1.807, 2.05) is 4.90 Å². The fourth-order valence-corrected chi connectivity index (χ4v) is 3.87. The quantitative estimate of drug-likeness (QED) is 0.323. The Hall–Kier alpha value is -3.06. The standard InChI is InChI=1S/C18H21F2N6O6P/c1-24-16-12(10-21-24)17(27)23-18(22-16)26-4-2-25(3-5-26)15-13(19)8-11(9-14(15)20)31-6-7-32-33(28,29)30/h8-10H,2-7H2,1H3,(H,22,23,27)(H2,28,29,30). The summed E-state index contributed by atoms with van der Waals surface area (Å²) < 4.78 is 50.7. The van der Waals surface area contributed by atoms with E-state index < -0.39 is 26.1 Å². The van der Waals surface area contributed by atoms with Crippen LogP contribution in [0, 0.1) is 11.6 Å². The van der Waals surface area contributed by atoms with Crippen LogP contribution >= 0.6 is 7.82 Å². The molecular weight excluding hydrogens is 465 g/mol. The predicted octanol–water partition coefficient (Wildman–Crippen LogP) is 0.749. The van der Waals surface area contributed by atoms with Gasteiger partial charge in [0, 0.05) is 45.4 Å². The van der Waals surface area contributed by atoms with Gasteiger partial charge in [-0.1, -0.05) is 0 Å². The van der Waals surface area contributed by atoms with E-state index in [1.165, 1.54) is 10.9 Å². The Morgan fingerprint density at radius 3 is 2.39 bits per heavy atom. The largest absolute Gasteiger partial charge is 0.491 e. The van der Waals surface area contributed by atoms with Crippen molar-refractivity contribution in [3.05, 3.63) is 40.3 Å². The van der Waals surface area contributed by atoms with Gasteiger partial charge < -0.3 is 24.3 Å². The zero-order valence-electron chi connectivity index (χ0n) is 17.4. The van der Waals surface area contributed by atoms with Crippen LogP contribution in [-0.4, -0.2) is 68.9 Å². The number of nitrogens with zero attached hydrogens (tertiary/aromatic N) is 5. The molecule has 0 spiro atoms. The monoisotopic (exact) mass is 486 g/mol. The summed E-state index contributed by atoms with van der Waals surface area (Å²) in [5.74, 6) is -1.44. The summed E-state index contributed by atoms with van der Waals surface area (Å²) in [5, 5.41) is 4.40. The molecule has 0 radical (unpaired) electrons. The predicted molar refractivity (Wildman–Crippen MR) is 113 cm³/mol. The van der Waals surface area contributed by atoms with Gasteiger partial charge in [-0.2, -0.15) is 10.1 Å². The van der Waals surface area contributed by atoms with Crippen LogP contribution in [-0.2, 0) is 16.1 Å². The van der Waals surface area contributed by atoms with Crippen LogP contribution in [0.2, 0.25) is 0 Å². The zero-order chi connectivity index (χ0) is 23.8. The van der Waals surface area contributed by atoms with Crippen LogP contribution < -0.4 is 20.1 Å². The molecule has 12 nitrogen and oxygen atoms in total. The summed E-state index contributed by atoms with van der Waals surface area (Å²) in [4.78, 5) is 40.0. The summed E-state index contributed by atoms with van der Waals surface area (Å²) in [7, 11) is -2.96. The number of ether oxygens (including phenoxy) is 1. The first kappa shape index (κ1) is 23.1. The first-order chi connectivity index (χ1) is 15.6. The molecule has 1 aromatic carbocycles. The number of aryl methyl sites for hydroxylation is 1. The highest BCUT2D eigenvalue weighted by Crippen LogP contribution is 2.35. The number of H-pyrrole nitrogens is 1. The molecule has 2 aromatic heterocycles. The van der Waals surface area contributed by atoms with Gasteiger partial charge in [0.25, 0.3) is 5.56 Å². The molecule has 1 fully saturated rings. The number of aromatic amines is 1. The summed E-state index contributed by atoms with van der Waals surface area (Å²) in [6, 6.07) is 2.00. The smallest absolute Gasteiger partial charge is 0.469 e. The van der Waals surface area contributed by atoms with Crippen molar-refractivity contribution in [2.45, 2.75) is 0 Å². The van der Waals surface area contributed by atoms with Gasteiger partial charge in [-0.15, -0.1) is 0 Å². The fraction of sp³-hybridized carbons (Fsp3) is 0.389. The minimum atomic E-state index is -4.64. The van der Waals surface area contributed by atoms with Crippen LogP contribution in [0.3, 0.4) is 0 Å². The van der Waals surface area contributed by atoms with E-state index in [1.54, 1.807) is 11.9 Å². The zero-order valence-corrected chi connectivity index (χ0v) is 18.3. The first-order valence-corrected chi connectivity index (χ1v) is 11.4. The number of piperazine rings is 1. The summed E-state index contributed by atoms with van der Waals surface area (Å²) in [6.07, 6.45) is 1.44. The Balaban J connectivity index is 1.42. The Labute approximate surface area is 185 Å². The van der Waals surface area contributed by atoms with Crippen LogP contribution in [0.25, 0.3) is 11.0 Å². The van der Waals surface area contributed by atoms with Crippen LogP contribution in [0.5, 0.6) is 5.75 Å². The van der Waals surface area contributed by atoms with E-state index in [0.717, 1.165) is 12.1 Å². The van der Waals surface area contributed by atoms with Crippen LogP contribution in [0.4, 0.5) is 20.4 Å². The maximum Gasteiger partial charge on any atom is 0.469 e. The average Bonchev–Trinajstić information content (AvgIpc) is 3.12. The lowest BCUT2D eigenvalue weighted by atomic mass is 10.2. The number of halogens is 2. The highest BCUT2D eigenvalue weighted by atomic mass is 31.2. The van der Waals surface area contributed by atoms with Crippen molar-refractivity contribution >= 4 is 30.5 Å². The van der Waals surface area contributed by atoms with Gasteiger partial charge in [0.05, 0.1) is 12.8 Å². The molecule has 0 atom stereocenters. The van der Waals surface area contributed by atoms with E-state index in [4.69, 9.17) is 14.5 Å². The Morgan fingerprint density at radius 1 is 1.12 bits per heavy atom. The fourth-order valence-electron chi connectivity index (χ4n) is 3.56.